The van der Waals surface area contributed by atoms with Crippen LogP contribution in [-0.4, -0.2) is 17.7 Å². The van der Waals surface area contributed by atoms with E-state index in [1.54, 1.807) is 6.07 Å². The minimum absolute atomic E-state index is 0.0142. The van der Waals surface area contributed by atoms with Crippen molar-refractivity contribution in [1.82, 2.24) is 0 Å². The molecular formula is C31H44O4. The summed E-state index contributed by atoms with van der Waals surface area (Å²) in [4.78, 5) is 12.0. The summed E-state index contributed by atoms with van der Waals surface area (Å²) in [6, 6.07) is 4.54. The van der Waals surface area contributed by atoms with Gasteiger partial charge in [0.2, 0.25) is 0 Å². The molecule has 1 N–H and O–H groups in total. The molecule has 1 rings (SSSR count). The van der Waals surface area contributed by atoms with Crippen LogP contribution < -0.4 is 9.47 Å². The second-order valence-corrected chi connectivity index (χ2v) is 8.32. The molecule has 4 nitrogen and oxygen atoms in total. The third kappa shape index (κ3) is 18.0. The summed E-state index contributed by atoms with van der Waals surface area (Å²) in [7, 11) is 0. The van der Waals surface area contributed by atoms with Crippen molar-refractivity contribution < 1.29 is 19.4 Å². The quantitative estimate of drug-likeness (QED) is 0.0930. The number of allylic oxidation sites excluding steroid dienone is 10. The Hall–Kier alpha value is -3.01. The normalized spacial score (nSPS) is 12.2. The molecule has 4 heteroatoms. The lowest BCUT2D eigenvalue weighted by molar-refractivity contribution is -0.134. The SMILES string of the molecule is CCCCC/C=C\C/C=C\C/C=C\C/C=C\C/C=C\CCC(=O)Oc1cc(O)cc(OCCC)c1. The van der Waals surface area contributed by atoms with Crippen LogP contribution >= 0.6 is 0 Å². The molecule has 0 aliphatic rings. The maximum absolute atomic E-state index is 12.0. The van der Waals surface area contributed by atoms with Gasteiger partial charge in [-0.3, -0.25) is 4.79 Å². The largest absolute Gasteiger partial charge is 0.508 e. The van der Waals surface area contributed by atoms with Crippen molar-refractivity contribution in [2.24, 2.45) is 0 Å². The summed E-state index contributed by atoms with van der Waals surface area (Å²) >= 11 is 0. The molecule has 0 radical (unpaired) electrons. The average molecular weight is 481 g/mol. The number of phenols is 1. The second kappa shape index (κ2) is 21.5. The number of aromatic hydroxyl groups is 1. The number of unbranched alkanes of at least 4 members (excludes halogenated alkanes) is 3. The van der Waals surface area contributed by atoms with E-state index in [-0.39, 0.29) is 18.1 Å². The second-order valence-electron chi connectivity index (χ2n) is 8.32. The van der Waals surface area contributed by atoms with E-state index in [0.717, 1.165) is 32.1 Å². The first kappa shape index (κ1) is 30.0. The Morgan fingerprint density at radius 3 is 1.83 bits per heavy atom. The van der Waals surface area contributed by atoms with Crippen molar-refractivity contribution >= 4 is 5.97 Å². The summed E-state index contributed by atoms with van der Waals surface area (Å²) < 4.78 is 10.8. The van der Waals surface area contributed by atoms with Gasteiger partial charge >= 0.3 is 5.97 Å². The van der Waals surface area contributed by atoms with Crippen molar-refractivity contribution in [3.05, 3.63) is 79.0 Å². The molecule has 1 aromatic carbocycles. The number of esters is 1. The summed E-state index contributed by atoms with van der Waals surface area (Å²) in [5.41, 5.74) is 0. The van der Waals surface area contributed by atoms with Crippen molar-refractivity contribution in [1.29, 1.82) is 0 Å². The summed E-state index contributed by atoms with van der Waals surface area (Å²) in [5, 5.41) is 9.75. The molecule has 0 saturated heterocycles. The minimum atomic E-state index is -0.334. The lowest BCUT2D eigenvalue weighted by atomic mass is 10.2. The van der Waals surface area contributed by atoms with Gasteiger partial charge in [-0.2, -0.15) is 0 Å². The predicted octanol–water partition coefficient (Wildman–Crippen LogP) is 8.79. The van der Waals surface area contributed by atoms with E-state index >= 15 is 0 Å². The number of rotatable bonds is 19. The van der Waals surface area contributed by atoms with E-state index in [4.69, 9.17) is 9.47 Å². The molecular weight excluding hydrogens is 436 g/mol. The van der Waals surface area contributed by atoms with Gasteiger partial charge in [-0.25, -0.2) is 0 Å². The number of benzene rings is 1. The molecule has 0 spiro atoms. The van der Waals surface area contributed by atoms with Crippen molar-refractivity contribution in [2.45, 2.75) is 84.5 Å². The molecule has 0 aliphatic heterocycles. The Morgan fingerprint density at radius 1 is 0.714 bits per heavy atom. The minimum Gasteiger partial charge on any atom is -0.508 e. The van der Waals surface area contributed by atoms with Crippen LogP contribution in [0.2, 0.25) is 0 Å². The van der Waals surface area contributed by atoms with Crippen molar-refractivity contribution in [3.8, 4) is 17.2 Å². The maximum Gasteiger partial charge on any atom is 0.311 e. The van der Waals surface area contributed by atoms with E-state index in [1.165, 1.54) is 37.8 Å². The Balaban J connectivity index is 2.10. The highest BCUT2D eigenvalue weighted by atomic mass is 16.5. The highest BCUT2D eigenvalue weighted by Gasteiger charge is 2.07. The van der Waals surface area contributed by atoms with Crippen LogP contribution in [0, 0.1) is 0 Å². The van der Waals surface area contributed by atoms with Gasteiger partial charge in [0.05, 0.1) is 6.61 Å². The molecule has 0 saturated carbocycles. The fourth-order valence-electron chi connectivity index (χ4n) is 3.13. The van der Waals surface area contributed by atoms with Crippen LogP contribution in [0.25, 0.3) is 0 Å². The van der Waals surface area contributed by atoms with Crippen LogP contribution in [-0.2, 0) is 4.79 Å². The topological polar surface area (TPSA) is 55.8 Å². The zero-order valence-electron chi connectivity index (χ0n) is 21.7. The van der Waals surface area contributed by atoms with E-state index in [2.05, 4.69) is 61.6 Å². The number of hydrogen-bond donors (Lipinski definition) is 1. The van der Waals surface area contributed by atoms with Gasteiger partial charge in [0.15, 0.2) is 0 Å². The number of carbonyl (C=O) groups excluding carboxylic acids is 1. The maximum atomic E-state index is 12.0. The van der Waals surface area contributed by atoms with E-state index in [0.29, 0.717) is 24.5 Å². The summed E-state index contributed by atoms with van der Waals surface area (Å²) in [6.07, 6.45) is 32.3. The highest BCUT2D eigenvalue weighted by Crippen LogP contribution is 2.27. The standard InChI is InChI=1S/C31H44O4/c1-3-5-6-7-8-9-10-11-12-13-14-15-16-17-18-19-20-21-22-23-31(33)35-30-26-28(32)25-29(27-30)34-24-4-2/h8-9,11-12,14-15,17-18,20-21,25-27,32H,3-7,10,13,16,19,22-24H2,1-2H3/b9-8-,12-11-,15-14-,18-17-,21-20-. The van der Waals surface area contributed by atoms with E-state index in [9.17, 15) is 9.90 Å². The zero-order chi connectivity index (χ0) is 25.4. The zero-order valence-corrected chi connectivity index (χ0v) is 21.7. The summed E-state index contributed by atoms with van der Waals surface area (Å²) in [6.45, 7) is 4.78. The number of carbonyl (C=O) groups is 1. The number of ether oxygens (including phenoxy) is 2. The van der Waals surface area contributed by atoms with E-state index < -0.39 is 0 Å². The third-order valence-electron chi connectivity index (χ3n) is 4.98. The van der Waals surface area contributed by atoms with Crippen molar-refractivity contribution in [2.75, 3.05) is 6.61 Å². The first-order valence-corrected chi connectivity index (χ1v) is 13.1. The van der Waals surface area contributed by atoms with E-state index in [1.807, 2.05) is 13.0 Å². The molecule has 0 aliphatic carbocycles. The predicted molar refractivity (Wildman–Crippen MR) is 147 cm³/mol. The first-order valence-electron chi connectivity index (χ1n) is 13.1. The number of hydrogen-bond acceptors (Lipinski definition) is 4. The molecule has 0 fully saturated rings. The van der Waals surface area contributed by atoms with Gasteiger partial charge in [0.25, 0.3) is 0 Å². The van der Waals surface area contributed by atoms with Gasteiger partial charge in [-0.1, -0.05) is 87.4 Å². The van der Waals surface area contributed by atoms with Gasteiger partial charge < -0.3 is 14.6 Å². The van der Waals surface area contributed by atoms with Crippen LogP contribution in [0.5, 0.6) is 17.2 Å². The summed E-state index contributed by atoms with van der Waals surface area (Å²) in [5.74, 6) is 0.472. The average Bonchev–Trinajstić information content (AvgIpc) is 2.83. The lowest BCUT2D eigenvalue weighted by Gasteiger charge is -2.08. The monoisotopic (exact) mass is 480 g/mol. The Morgan fingerprint density at radius 2 is 1.26 bits per heavy atom. The Kier molecular flexibility index (Phi) is 18.5. The van der Waals surface area contributed by atoms with Gasteiger partial charge in [0, 0.05) is 24.6 Å². The fraction of sp³-hybridized carbons (Fsp3) is 0.452. The van der Waals surface area contributed by atoms with Crippen LogP contribution in [0.1, 0.15) is 84.5 Å². The van der Waals surface area contributed by atoms with Crippen LogP contribution in [0.4, 0.5) is 0 Å². The molecule has 0 bridgehead atoms. The molecule has 192 valence electrons. The molecule has 0 heterocycles. The van der Waals surface area contributed by atoms with Crippen LogP contribution in [0.15, 0.2) is 79.0 Å². The third-order valence-corrected chi connectivity index (χ3v) is 4.98. The molecule has 0 unspecified atom stereocenters. The van der Waals surface area contributed by atoms with Crippen molar-refractivity contribution in [3.63, 3.8) is 0 Å². The highest BCUT2D eigenvalue weighted by molar-refractivity contribution is 5.72. The fourth-order valence-corrected chi connectivity index (χ4v) is 3.13. The number of phenolic OH excluding ortho intramolecular Hbond substituents is 1. The molecule has 0 atom stereocenters. The Labute approximate surface area is 212 Å². The van der Waals surface area contributed by atoms with Gasteiger partial charge in [-0.15, -0.1) is 0 Å². The first-order chi connectivity index (χ1) is 17.2. The Bertz CT molecular complexity index is 830. The lowest BCUT2D eigenvalue weighted by Crippen LogP contribution is -2.07. The molecule has 35 heavy (non-hydrogen) atoms. The molecule has 0 amide bonds. The molecule has 1 aromatic rings. The van der Waals surface area contributed by atoms with Gasteiger partial charge in [0.1, 0.15) is 17.2 Å². The molecule has 0 aromatic heterocycles. The smallest absolute Gasteiger partial charge is 0.311 e. The van der Waals surface area contributed by atoms with Gasteiger partial charge in [-0.05, 0) is 51.4 Å². The van der Waals surface area contributed by atoms with Crippen LogP contribution in [0.3, 0.4) is 0 Å².